The van der Waals surface area contributed by atoms with Crippen molar-refractivity contribution in [2.45, 2.75) is 46.5 Å². The Morgan fingerprint density at radius 3 is 2.80 bits per heavy atom. The van der Waals surface area contributed by atoms with Gasteiger partial charge in [-0.2, -0.15) is 4.98 Å². The van der Waals surface area contributed by atoms with Crippen LogP contribution in [0.15, 0.2) is 18.2 Å². The second-order valence-electron chi connectivity index (χ2n) is 7.37. The first-order valence-electron chi connectivity index (χ1n) is 10.8. The maximum atomic E-state index is 15.7. The highest BCUT2D eigenvalue weighted by atomic mass is 19.1. The summed E-state index contributed by atoms with van der Waals surface area (Å²) in [5.41, 5.74) is 3.79. The lowest BCUT2D eigenvalue weighted by Crippen LogP contribution is -2.12. The van der Waals surface area contributed by atoms with Crippen LogP contribution in [0.1, 0.15) is 56.4 Å². The number of nitrogens with one attached hydrogen (secondary N) is 3. The molecule has 0 unspecified atom stereocenters. The number of halogens is 1. The van der Waals surface area contributed by atoms with Crippen LogP contribution in [0.3, 0.4) is 0 Å². The summed E-state index contributed by atoms with van der Waals surface area (Å²) in [5.74, 6) is 1.65. The Bertz CT molecular complexity index is 928. The van der Waals surface area contributed by atoms with Crippen molar-refractivity contribution in [1.29, 1.82) is 0 Å². The molecule has 1 aromatic carbocycles. The molecular weight excluding hydrogens is 381 g/mol. The molecule has 0 saturated carbocycles. The van der Waals surface area contributed by atoms with Gasteiger partial charge in [0.25, 0.3) is 0 Å². The lowest BCUT2D eigenvalue weighted by molar-refractivity contribution is 0.335. The number of hydrogen-bond donors (Lipinski definition) is 3. The average molecular weight is 414 g/mol. The zero-order valence-corrected chi connectivity index (χ0v) is 18.5. The number of hydrogen-bond acceptors (Lipinski definition) is 6. The summed E-state index contributed by atoms with van der Waals surface area (Å²) in [6.45, 7) is 10.2. The molecule has 7 heteroatoms. The smallest absolute Gasteiger partial charge is 0.229 e. The van der Waals surface area contributed by atoms with E-state index in [1.165, 1.54) is 0 Å². The van der Waals surface area contributed by atoms with Crippen LogP contribution in [0.5, 0.6) is 5.75 Å². The van der Waals surface area contributed by atoms with Crippen LogP contribution in [0.25, 0.3) is 5.57 Å². The van der Waals surface area contributed by atoms with Crippen LogP contribution in [-0.4, -0.2) is 36.7 Å². The Kier molecular flexibility index (Phi) is 7.26. The van der Waals surface area contributed by atoms with Gasteiger partial charge in [0.15, 0.2) is 5.82 Å². The van der Waals surface area contributed by atoms with E-state index in [4.69, 9.17) is 4.74 Å². The monoisotopic (exact) mass is 413 g/mol. The number of anilines is 3. The van der Waals surface area contributed by atoms with Crippen molar-refractivity contribution in [3.05, 3.63) is 40.8 Å². The predicted molar refractivity (Wildman–Crippen MR) is 121 cm³/mol. The molecule has 2 aliphatic rings. The van der Waals surface area contributed by atoms with Crippen molar-refractivity contribution in [2.75, 3.05) is 37.4 Å². The number of aryl methyl sites for hydroxylation is 1. The Balaban J connectivity index is 0.00000124. The fourth-order valence-electron chi connectivity index (χ4n) is 3.76. The highest BCUT2D eigenvalue weighted by molar-refractivity contribution is 5.78. The highest BCUT2D eigenvalue weighted by Gasteiger charge is 2.30. The Hall–Kier alpha value is -2.67. The topological polar surface area (TPSA) is 71.1 Å². The first kappa shape index (κ1) is 22.0. The zero-order valence-electron chi connectivity index (χ0n) is 18.5. The molecule has 2 aromatic rings. The van der Waals surface area contributed by atoms with Gasteiger partial charge in [-0.3, -0.25) is 0 Å². The highest BCUT2D eigenvalue weighted by Crippen LogP contribution is 2.45. The number of benzene rings is 1. The predicted octanol–water partition coefficient (Wildman–Crippen LogP) is 5.00. The maximum absolute atomic E-state index is 15.7. The summed E-state index contributed by atoms with van der Waals surface area (Å²) in [6, 6.07) is 3.68. The first-order valence-corrected chi connectivity index (χ1v) is 10.8. The summed E-state index contributed by atoms with van der Waals surface area (Å²) in [5, 5.41) is 9.44. The minimum atomic E-state index is -0.308. The van der Waals surface area contributed by atoms with Gasteiger partial charge in [-0.25, -0.2) is 9.37 Å². The van der Waals surface area contributed by atoms with Gasteiger partial charge >= 0.3 is 0 Å². The van der Waals surface area contributed by atoms with Crippen LogP contribution < -0.4 is 20.7 Å². The Morgan fingerprint density at radius 2 is 2.03 bits per heavy atom. The molecule has 6 nitrogen and oxygen atoms in total. The van der Waals surface area contributed by atoms with E-state index in [0.717, 1.165) is 42.8 Å². The molecule has 0 bridgehead atoms. The third-order valence-electron chi connectivity index (χ3n) is 5.22. The summed E-state index contributed by atoms with van der Waals surface area (Å²) in [4.78, 5) is 8.81. The van der Waals surface area contributed by atoms with Crippen LogP contribution in [-0.2, 0) is 0 Å². The van der Waals surface area contributed by atoms with Gasteiger partial charge in [0.2, 0.25) is 5.95 Å². The van der Waals surface area contributed by atoms with Gasteiger partial charge in [0.1, 0.15) is 11.6 Å². The third-order valence-corrected chi connectivity index (χ3v) is 5.22. The lowest BCUT2D eigenvalue weighted by atomic mass is 9.93. The second-order valence-corrected chi connectivity index (χ2v) is 7.37. The van der Waals surface area contributed by atoms with Crippen LogP contribution in [0.4, 0.5) is 21.8 Å². The molecule has 30 heavy (non-hydrogen) atoms. The standard InChI is InChI=1S/C21H26FN5O.C2H6/c1-12-11-28-20-15(12)10-16(26-21-25-13(2)9-17(23-3)27-21)19(22)18(20)14-5-4-7-24-8-6-14;1-2/h6,9-10,12,24H,4-5,7-8,11H2,1-3H3,(H2,23,25,26,27);1-2H3/t12-;/m1./s1. The zero-order chi connectivity index (χ0) is 21.7. The molecule has 162 valence electrons. The van der Waals surface area contributed by atoms with Gasteiger partial charge < -0.3 is 20.7 Å². The van der Waals surface area contributed by atoms with E-state index in [-0.39, 0.29) is 11.7 Å². The van der Waals surface area contributed by atoms with Crippen LogP contribution in [0, 0.1) is 12.7 Å². The Labute approximate surface area is 178 Å². The number of ether oxygens (including phenoxy) is 1. The first-order chi connectivity index (χ1) is 14.6. The molecular formula is C23H32FN5O. The lowest BCUT2D eigenvalue weighted by Gasteiger charge is -2.17. The van der Waals surface area contributed by atoms with Gasteiger partial charge in [0.05, 0.1) is 17.9 Å². The van der Waals surface area contributed by atoms with E-state index in [2.05, 4.69) is 38.9 Å². The normalized spacial score (nSPS) is 17.7. The second kappa shape index (κ2) is 9.89. The van der Waals surface area contributed by atoms with E-state index in [0.29, 0.717) is 35.4 Å². The van der Waals surface area contributed by atoms with Crippen LogP contribution >= 0.6 is 0 Å². The van der Waals surface area contributed by atoms with Crippen molar-refractivity contribution >= 4 is 23.0 Å². The number of allylic oxidation sites excluding steroid dienone is 1. The molecule has 4 rings (SSSR count). The van der Waals surface area contributed by atoms with Gasteiger partial charge in [-0.15, -0.1) is 0 Å². The quantitative estimate of drug-likeness (QED) is 0.655. The van der Waals surface area contributed by atoms with Crippen molar-refractivity contribution in [3.63, 3.8) is 0 Å². The average Bonchev–Trinajstić information content (AvgIpc) is 2.95. The van der Waals surface area contributed by atoms with E-state index in [9.17, 15) is 0 Å². The Morgan fingerprint density at radius 1 is 1.23 bits per heavy atom. The number of rotatable bonds is 4. The van der Waals surface area contributed by atoms with E-state index in [1.54, 1.807) is 7.05 Å². The largest absolute Gasteiger partial charge is 0.492 e. The number of aromatic nitrogens is 2. The molecule has 0 radical (unpaired) electrons. The SMILES string of the molecule is CC.CNc1cc(C)nc(Nc2cc3c(c(C4=CCNCCC4)c2F)OC[C@H]3C)n1. The van der Waals surface area contributed by atoms with Crippen molar-refractivity contribution in [3.8, 4) is 5.75 Å². The summed E-state index contributed by atoms with van der Waals surface area (Å²) < 4.78 is 21.6. The summed E-state index contributed by atoms with van der Waals surface area (Å²) in [6.07, 6.45) is 3.87. The third kappa shape index (κ3) is 4.56. The minimum Gasteiger partial charge on any atom is -0.492 e. The van der Waals surface area contributed by atoms with Crippen molar-refractivity contribution in [1.82, 2.24) is 15.3 Å². The molecule has 1 aromatic heterocycles. The minimum absolute atomic E-state index is 0.214. The molecule has 0 amide bonds. The fraction of sp³-hybridized carbons (Fsp3) is 0.478. The van der Waals surface area contributed by atoms with Gasteiger partial charge in [-0.05, 0) is 37.9 Å². The number of nitrogens with zero attached hydrogens (tertiary/aromatic N) is 2. The van der Waals surface area contributed by atoms with E-state index < -0.39 is 0 Å². The van der Waals surface area contributed by atoms with E-state index >= 15 is 4.39 Å². The van der Waals surface area contributed by atoms with Gasteiger partial charge in [0, 0.05) is 36.8 Å². The van der Waals surface area contributed by atoms with E-state index in [1.807, 2.05) is 32.9 Å². The van der Waals surface area contributed by atoms with Gasteiger partial charge in [-0.1, -0.05) is 26.8 Å². The molecule has 0 spiro atoms. The molecule has 0 fully saturated rings. The molecule has 3 heterocycles. The van der Waals surface area contributed by atoms with Crippen molar-refractivity contribution < 1.29 is 9.13 Å². The maximum Gasteiger partial charge on any atom is 0.229 e. The number of fused-ring (bicyclic) bond motifs is 1. The molecule has 2 aliphatic heterocycles. The fourth-order valence-corrected chi connectivity index (χ4v) is 3.76. The molecule has 0 saturated heterocycles. The molecule has 1 atom stereocenters. The molecule has 0 aliphatic carbocycles. The molecule has 3 N–H and O–H groups in total. The van der Waals surface area contributed by atoms with Crippen LogP contribution in [0.2, 0.25) is 0 Å². The summed E-state index contributed by atoms with van der Waals surface area (Å²) >= 11 is 0. The summed E-state index contributed by atoms with van der Waals surface area (Å²) in [7, 11) is 1.80. The van der Waals surface area contributed by atoms with Crippen molar-refractivity contribution in [2.24, 2.45) is 0 Å².